The maximum absolute atomic E-state index is 13.4. The van der Waals surface area contributed by atoms with E-state index in [2.05, 4.69) is 19.2 Å². The first kappa shape index (κ1) is 12.0. The van der Waals surface area contributed by atoms with Gasteiger partial charge in [0.2, 0.25) is 0 Å². The first-order valence-electron chi connectivity index (χ1n) is 5.14. The maximum Gasteiger partial charge on any atom is 0.165 e. The molecule has 0 aliphatic carbocycles. The van der Waals surface area contributed by atoms with Gasteiger partial charge >= 0.3 is 0 Å². The second-order valence-corrected chi connectivity index (χ2v) is 3.94. The van der Waals surface area contributed by atoms with Gasteiger partial charge in [-0.1, -0.05) is 19.9 Å². The topological polar surface area (TPSA) is 21.3 Å². The second-order valence-electron chi connectivity index (χ2n) is 3.94. The Morgan fingerprint density at radius 3 is 2.40 bits per heavy atom. The zero-order valence-corrected chi connectivity index (χ0v) is 9.67. The second kappa shape index (κ2) is 5.12. The summed E-state index contributed by atoms with van der Waals surface area (Å²) in [5.41, 5.74) is 0.932. The molecule has 1 rings (SSSR count). The average Bonchev–Trinajstić information content (AvgIpc) is 2.16. The number of halogens is 1. The Hall–Kier alpha value is -1.09. The van der Waals surface area contributed by atoms with Crippen LogP contribution < -0.4 is 10.1 Å². The van der Waals surface area contributed by atoms with Crippen LogP contribution in [0.3, 0.4) is 0 Å². The van der Waals surface area contributed by atoms with Gasteiger partial charge in [0.15, 0.2) is 11.6 Å². The molecule has 15 heavy (non-hydrogen) atoms. The van der Waals surface area contributed by atoms with Crippen molar-refractivity contribution >= 4 is 0 Å². The number of ether oxygens (including phenoxy) is 1. The van der Waals surface area contributed by atoms with E-state index >= 15 is 0 Å². The molecular weight excluding hydrogens is 193 g/mol. The van der Waals surface area contributed by atoms with Crippen molar-refractivity contribution < 1.29 is 9.13 Å². The molecule has 0 aliphatic heterocycles. The molecule has 1 atom stereocenters. The Morgan fingerprint density at radius 1 is 1.27 bits per heavy atom. The molecule has 0 bridgehead atoms. The molecule has 2 nitrogen and oxygen atoms in total. The lowest BCUT2D eigenvalue weighted by Crippen LogP contribution is -2.26. The summed E-state index contributed by atoms with van der Waals surface area (Å²) >= 11 is 0. The minimum Gasteiger partial charge on any atom is -0.494 e. The Morgan fingerprint density at radius 2 is 1.93 bits per heavy atom. The fourth-order valence-electron chi connectivity index (χ4n) is 1.55. The van der Waals surface area contributed by atoms with Crippen molar-refractivity contribution in [3.05, 3.63) is 29.6 Å². The van der Waals surface area contributed by atoms with Gasteiger partial charge in [0.05, 0.1) is 7.11 Å². The number of benzene rings is 1. The molecule has 0 amide bonds. The Bertz CT molecular complexity index is 325. The van der Waals surface area contributed by atoms with Crippen LogP contribution in [0.2, 0.25) is 0 Å². The molecule has 84 valence electrons. The molecular formula is C12H18FNO. The highest BCUT2D eigenvalue weighted by Gasteiger charge is 2.09. The number of hydrogen-bond donors (Lipinski definition) is 1. The van der Waals surface area contributed by atoms with Crippen molar-refractivity contribution in [1.29, 1.82) is 0 Å². The van der Waals surface area contributed by atoms with Gasteiger partial charge in [0.1, 0.15) is 0 Å². The van der Waals surface area contributed by atoms with Gasteiger partial charge in [-0.2, -0.15) is 0 Å². The van der Waals surface area contributed by atoms with Crippen molar-refractivity contribution in [3.8, 4) is 5.75 Å². The lowest BCUT2D eigenvalue weighted by molar-refractivity contribution is 0.385. The first-order valence-corrected chi connectivity index (χ1v) is 5.14. The summed E-state index contributed by atoms with van der Waals surface area (Å²) in [6.45, 7) is 6.15. The van der Waals surface area contributed by atoms with Gasteiger partial charge in [0, 0.05) is 12.1 Å². The summed E-state index contributed by atoms with van der Waals surface area (Å²) in [5.74, 6) is -0.0251. The third-order valence-corrected chi connectivity index (χ3v) is 2.26. The van der Waals surface area contributed by atoms with Crippen LogP contribution in [0.1, 0.15) is 32.4 Å². The van der Waals surface area contributed by atoms with Crippen molar-refractivity contribution in [1.82, 2.24) is 5.32 Å². The molecule has 0 aliphatic rings. The number of methoxy groups -OCH3 is 1. The van der Waals surface area contributed by atoms with Crippen LogP contribution in [0.4, 0.5) is 4.39 Å². The summed E-state index contributed by atoms with van der Waals surface area (Å²) in [5, 5.41) is 3.32. The van der Waals surface area contributed by atoms with Gasteiger partial charge in [-0.05, 0) is 24.6 Å². The van der Waals surface area contributed by atoms with E-state index in [1.165, 1.54) is 13.2 Å². The van der Waals surface area contributed by atoms with Crippen LogP contribution in [0.15, 0.2) is 18.2 Å². The lowest BCUT2D eigenvalue weighted by atomic mass is 10.1. The SMILES string of the molecule is COc1ccc([C@H](C)NC(C)C)cc1F. The summed E-state index contributed by atoms with van der Waals surface area (Å²) < 4.78 is 18.3. The van der Waals surface area contributed by atoms with Gasteiger partial charge < -0.3 is 10.1 Å². The quantitative estimate of drug-likeness (QED) is 0.826. The minimum absolute atomic E-state index is 0.144. The molecule has 0 fully saturated rings. The molecule has 0 spiro atoms. The molecule has 1 N–H and O–H groups in total. The zero-order chi connectivity index (χ0) is 11.4. The fraction of sp³-hybridized carbons (Fsp3) is 0.500. The third kappa shape index (κ3) is 3.20. The van der Waals surface area contributed by atoms with Crippen molar-refractivity contribution in [2.75, 3.05) is 7.11 Å². The van der Waals surface area contributed by atoms with E-state index in [0.29, 0.717) is 6.04 Å². The van der Waals surface area contributed by atoms with E-state index in [1.54, 1.807) is 6.07 Å². The van der Waals surface area contributed by atoms with E-state index in [0.717, 1.165) is 5.56 Å². The van der Waals surface area contributed by atoms with Crippen LogP contribution in [-0.4, -0.2) is 13.2 Å². The zero-order valence-electron chi connectivity index (χ0n) is 9.67. The van der Waals surface area contributed by atoms with Gasteiger partial charge in [-0.25, -0.2) is 4.39 Å². The van der Waals surface area contributed by atoms with E-state index in [9.17, 15) is 4.39 Å². The van der Waals surface area contributed by atoms with Gasteiger partial charge in [0.25, 0.3) is 0 Å². The Balaban J connectivity index is 2.82. The molecule has 0 unspecified atom stereocenters. The monoisotopic (exact) mass is 211 g/mol. The number of nitrogens with one attached hydrogen (secondary N) is 1. The number of hydrogen-bond acceptors (Lipinski definition) is 2. The summed E-state index contributed by atoms with van der Waals surface area (Å²) in [6, 6.07) is 5.57. The number of rotatable bonds is 4. The summed E-state index contributed by atoms with van der Waals surface area (Å²) in [7, 11) is 1.47. The van der Waals surface area contributed by atoms with Crippen molar-refractivity contribution in [2.45, 2.75) is 32.9 Å². The van der Waals surface area contributed by atoms with E-state index < -0.39 is 0 Å². The van der Waals surface area contributed by atoms with Crippen LogP contribution in [0.25, 0.3) is 0 Å². The molecule has 0 heterocycles. The predicted molar refractivity (Wildman–Crippen MR) is 59.6 cm³/mol. The predicted octanol–water partition coefficient (Wildman–Crippen LogP) is 2.89. The summed E-state index contributed by atoms with van der Waals surface area (Å²) in [4.78, 5) is 0. The smallest absolute Gasteiger partial charge is 0.165 e. The largest absolute Gasteiger partial charge is 0.494 e. The summed E-state index contributed by atoms with van der Waals surface area (Å²) in [6.07, 6.45) is 0. The highest BCUT2D eigenvalue weighted by Crippen LogP contribution is 2.21. The van der Waals surface area contributed by atoms with Crippen molar-refractivity contribution in [2.24, 2.45) is 0 Å². The van der Waals surface area contributed by atoms with Gasteiger partial charge in [-0.3, -0.25) is 0 Å². The molecule has 1 aromatic rings. The highest BCUT2D eigenvalue weighted by atomic mass is 19.1. The molecule has 0 radical (unpaired) electrons. The Kier molecular flexibility index (Phi) is 4.09. The van der Waals surface area contributed by atoms with E-state index in [1.807, 2.05) is 13.0 Å². The third-order valence-electron chi connectivity index (χ3n) is 2.26. The molecule has 0 saturated heterocycles. The van der Waals surface area contributed by atoms with Crippen LogP contribution in [0, 0.1) is 5.82 Å². The average molecular weight is 211 g/mol. The molecule has 3 heteroatoms. The van der Waals surface area contributed by atoms with Crippen LogP contribution >= 0.6 is 0 Å². The standard InChI is InChI=1S/C12H18FNO/c1-8(2)14-9(3)10-5-6-12(15-4)11(13)7-10/h5-9,14H,1-4H3/t9-/m0/s1. The minimum atomic E-state index is -0.313. The van der Waals surface area contributed by atoms with Gasteiger partial charge in [-0.15, -0.1) is 0 Å². The van der Waals surface area contributed by atoms with Crippen LogP contribution in [0.5, 0.6) is 5.75 Å². The lowest BCUT2D eigenvalue weighted by Gasteiger charge is -2.17. The molecule has 1 aromatic carbocycles. The van der Waals surface area contributed by atoms with E-state index in [4.69, 9.17) is 4.74 Å². The van der Waals surface area contributed by atoms with Crippen LogP contribution in [-0.2, 0) is 0 Å². The first-order chi connectivity index (χ1) is 7.04. The highest BCUT2D eigenvalue weighted by molar-refractivity contribution is 5.30. The maximum atomic E-state index is 13.4. The van der Waals surface area contributed by atoms with E-state index in [-0.39, 0.29) is 17.6 Å². The molecule has 0 saturated carbocycles. The normalized spacial score (nSPS) is 12.9. The van der Waals surface area contributed by atoms with Crippen molar-refractivity contribution in [3.63, 3.8) is 0 Å². The Labute approximate surface area is 90.4 Å². The fourth-order valence-corrected chi connectivity index (χ4v) is 1.55. The molecule has 0 aromatic heterocycles.